The van der Waals surface area contributed by atoms with Gasteiger partial charge in [0.05, 0.1) is 0 Å². The summed E-state index contributed by atoms with van der Waals surface area (Å²) in [5.74, 6) is -0.875. The second kappa shape index (κ2) is 49.2. The van der Waals surface area contributed by atoms with Crippen LogP contribution in [0.3, 0.4) is 0 Å². The Labute approximate surface area is 354 Å². The van der Waals surface area contributed by atoms with Crippen LogP contribution in [0.2, 0.25) is 0 Å². The third-order valence-electron chi connectivity index (χ3n) is 12.1. The van der Waals surface area contributed by atoms with Crippen molar-refractivity contribution in [3.8, 4) is 0 Å². The number of carboxylic acid groups (broad SMARTS) is 1. The molecule has 1 atom stereocenters. The van der Waals surface area contributed by atoms with E-state index in [2.05, 4.69) is 25.7 Å². The van der Waals surface area contributed by atoms with E-state index >= 15 is 0 Å². The number of nitrogens with zero attached hydrogens (tertiary/aromatic N) is 1. The second-order valence-electron chi connectivity index (χ2n) is 17.5. The van der Waals surface area contributed by atoms with Gasteiger partial charge in [0.15, 0.2) is 0 Å². The molecule has 0 aliphatic rings. The predicted octanol–water partition coefficient (Wildman–Crippen LogP) is 13.2. The molecule has 0 fully saturated rings. The van der Waals surface area contributed by atoms with Crippen molar-refractivity contribution in [1.29, 1.82) is 0 Å². The Morgan fingerprint density at radius 3 is 0.741 bits per heavy atom. The van der Waals surface area contributed by atoms with E-state index in [-0.39, 0.29) is 31.3 Å². The second-order valence-corrected chi connectivity index (χ2v) is 17.5. The summed E-state index contributed by atoms with van der Waals surface area (Å²) in [5.41, 5.74) is 0. The molecule has 0 radical (unpaired) electrons. The van der Waals surface area contributed by atoms with E-state index in [9.17, 15) is 9.90 Å². The van der Waals surface area contributed by atoms with Crippen molar-refractivity contribution in [2.75, 3.05) is 13.1 Å². The number of rotatable bonds is 47. The van der Waals surface area contributed by atoms with Gasteiger partial charge in [0, 0.05) is 18.4 Å². The summed E-state index contributed by atoms with van der Waals surface area (Å²) in [6.45, 7) is 8.92. The molecule has 0 aromatic carbocycles. The fourth-order valence-electron chi connectivity index (χ4n) is 8.56. The molecule has 0 aliphatic heterocycles. The molecule has 0 heterocycles. The van der Waals surface area contributed by atoms with E-state index in [4.69, 9.17) is 0 Å². The van der Waals surface area contributed by atoms with Crippen LogP contribution in [-0.2, 0) is 4.79 Å². The molecule has 54 heavy (non-hydrogen) atoms. The third-order valence-corrected chi connectivity index (χ3v) is 12.1. The first-order valence-corrected chi connectivity index (χ1v) is 25.1. The maximum absolute atomic E-state index is 11.6. The monoisotopic (exact) mass is 754 g/mol. The topological polar surface area (TPSA) is 43.4 Å². The molecule has 3 nitrogen and oxygen atoms in total. The molecular weight excluding hydrogens is 653 g/mol. The Bertz CT molecular complexity index is 644. The van der Waals surface area contributed by atoms with Crippen molar-refractivity contribution in [3.05, 3.63) is 0 Å². The minimum absolute atomic E-state index is 0. The van der Waals surface area contributed by atoms with E-state index in [1.165, 1.54) is 257 Å². The van der Waals surface area contributed by atoms with Crippen molar-refractivity contribution >= 4 is 5.97 Å². The van der Waals surface area contributed by atoms with Gasteiger partial charge >= 0.3 is 18.9 Å². The fourth-order valence-corrected chi connectivity index (χ4v) is 8.56. The normalized spacial score (nSPS) is 12.1. The van der Waals surface area contributed by atoms with Gasteiger partial charge in [-0.05, 0) is 32.4 Å². The van der Waals surface area contributed by atoms with E-state index in [1.54, 1.807) is 0 Å². The van der Waals surface area contributed by atoms with Crippen molar-refractivity contribution < 1.29 is 28.8 Å². The number of hydrogen-bond donors (Lipinski definition) is 0. The van der Waals surface area contributed by atoms with E-state index in [1.807, 2.05) is 0 Å². The van der Waals surface area contributed by atoms with Crippen molar-refractivity contribution in [2.24, 2.45) is 0 Å². The summed E-state index contributed by atoms with van der Waals surface area (Å²) in [7, 11) is 0. The molecule has 0 aliphatic carbocycles. The molecule has 1 unspecified atom stereocenters. The molecule has 0 aromatic heterocycles. The average Bonchev–Trinajstić information content (AvgIpc) is 3.15. The molecule has 0 bridgehead atoms. The number of aliphatic carboxylic acids is 1. The molecule has 318 valence electrons. The van der Waals surface area contributed by atoms with Gasteiger partial charge in [-0.1, -0.05) is 271 Å². The van der Waals surface area contributed by atoms with Crippen LogP contribution in [-0.4, -0.2) is 30.0 Å². The zero-order chi connectivity index (χ0) is 38.6. The molecule has 0 N–H and O–H groups in total. The molecule has 0 saturated heterocycles. The Morgan fingerprint density at radius 1 is 0.352 bits per heavy atom. The molecule has 0 spiro atoms. The minimum Gasteiger partial charge on any atom is -0.550 e. The smallest absolute Gasteiger partial charge is 0.550 e. The maximum Gasteiger partial charge on any atom is 1.00 e. The SMILES string of the molecule is CCCCCCCCCCCCCCCCCCCCCCN(CCCCCCCCCCCCCCCCCCCCCC)C(CCC)CC(=O)[O-].[Li+]. The summed E-state index contributed by atoms with van der Waals surface area (Å²) in [6.07, 6.45) is 58.6. The van der Waals surface area contributed by atoms with Crippen LogP contribution in [0.25, 0.3) is 0 Å². The van der Waals surface area contributed by atoms with Gasteiger partial charge in [-0.2, -0.15) is 0 Å². The van der Waals surface area contributed by atoms with Crippen molar-refractivity contribution in [2.45, 2.75) is 303 Å². The molecule has 0 rings (SSSR count). The van der Waals surface area contributed by atoms with Gasteiger partial charge in [-0.25, -0.2) is 0 Å². The standard InChI is InChI=1S/C50H101NO2.Li/c1-4-7-9-11-13-15-17-19-21-23-25-27-29-31-33-35-37-39-41-43-46-51(49(45-6-3)48-50(52)53)47-44-42-40-38-36-34-32-30-28-26-24-22-20-18-16-14-12-10-8-5-2;/h49H,4-48H2,1-3H3,(H,52,53);/q;+1/p-1. The van der Waals surface area contributed by atoms with Crippen molar-refractivity contribution in [1.82, 2.24) is 4.90 Å². The first kappa shape index (κ1) is 56.1. The number of hydrogen-bond acceptors (Lipinski definition) is 3. The number of unbranched alkanes of at least 4 members (excludes halogenated alkanes) is 38. The Morgan fingerprint density at radius 2 is 0.556 bits per heavy atom. The van der Waals surface area contributed by atoms with Crippen LogP contribution < -0.4 is 24.0 Å². The van der Waals surface area contributed by atoms with Gasteiger partial charge in [0.25, 0.3) is 0 Å². The van der Waals surface area contributed by atoms with Crippen LogP contribution >= 0.6 is 0 Å². The van der Waals surface area contributed by atoms with Crippen LogP contribution in [0.5, 0.6) is 0 Å². The molecular formula is C50H100LiNO2. The predicted molar refractivity (Wildman–Crippen MR) is 236 cm³/mol. The van der Waals surface area contributed by atoms with Gasteiger partial charge in [-0.3, -0.25) is 0 Å². The van der Waals surface area contributed by atoms with Crippen molar-refractivity contribution in [3.63, 3.8) is 0 Å². The number of carbonyl (C=O) groups excluding carboxylic acids is 1. The molecule has 4 heteroatoms. The summed E-state index contributed by atoms with van der Waals surface area (Å²) in [6, 6.07) is 0.158. The van der Waals surface area contributed by atoms with Gasteiger partial charge in [-0.15, -0.1) is 0 Å². The number of carboxylic acids is 1. The van der Waals surface area contributed by atoms with Crippen LogP contribution in [0.4, 0.5) is 0 Å². The van der Waals surface area contributed by atoms with E-state index in [0.29, 0.717) is 0 Å². The fraction of sp³-hybridized carbons (Fsp3) is 0.980. The first-order valence-electron chi connectivity index (χ1n) is 25.1. The molecule has 0 saturated carbocycles. The summed E-state index contributed by atoms with van der Waals surface area (Å²) in [4.78, 5) is 14.1. The van der Waals surface area contributed by atoms with E-state index in [0.717, 1.165) is 25.9 Å². The first-order chi connectivity index (χ1) is 26.2. The number of carbonyl (C=O) groups is 1. The average molecular weight is 754 g/mol. The van der Waals surface area contributed by atoms with E-state index < -0.39 is 5.97 Å². The zero-order valence-corrected chi connectivity index (χ0v) is 38.2. The summed E-state index contributed by atoms with van der Waals surface area (Å²) >= 11 is 0. The quantitative estimate of drug-likeness (QED) is 0.0459. The Kier molecular flexibility index (Phi) is 51.1. The minimum atomic E-state index is -0.875. The third kappa shape index (κ3) is 44.7. The molecule has 0 aromatic rings. The van der Waals surface area contributed by atoms with Crippen LogP contribution in [0, 0.1) is 0 Å². The van der Waals surface area contributed by atoms with Gasteiger partial charge < -0.3 is 14.8 Å². The largest absolute Gasteiger partial charge is 1.00 e. The summed E-state index contributed by atoms with van der Waals surface area (Å²) < 4.78 is 0. The Hall–Kier alpha value is 0.0274. The Balaban J connectivity index is 0. The maximum atomic E-state index is 11.6. The van der Waals surface area contributed by atoms with Crippen LogP contribution in [0.15, 0.2) is 0 Å². The van der Waals surface area contributed by atoms with Crippen LogP contribution in [0.1, 0.15) is 297 Å². The zero-order valence-electron chi connectivity index (χ0n) is 38.2. The van der Waals surface area contributed by atoms with Gasteiger partial charge in [0.1, 0.15) is 0 Å². The molecule has 0 amide bonds. The van der Waals surface area contributed by atoms with Gasteiger partial charge in [0.2, 0.25) is 0 Å². The summed E-state index contributed by atoms with van der Waals surface area (Å²) in [5, 5.41) is 11.6.